The molecular weight excluding hydrogens is 168 g/mol. The Hall–Kier alpha value is -1.66. The van der Waals surface area contributed by atoms with Gasteiger partial charge >= 0.3 is 0 Å². The first-order valence-electron chi connectivity index (χ1n) is 3.98. The maximum atomic E-state index is 4.13. The number of aromatic nitrogens is 2. The number of fused-ring (bicyclic) bond motifs is 2. The van der Waals surface area contributed by atoms with E-state index in [2.05, 4.69) is 31.7 Å². The van der Waals surface area contributed by atoms with E-state index in [0.717, 1.165) is 17.1 Å². The van der Waals surface area contributed by atoms with Gasteiger partial charge in [-0.2, -0.15) is 5.53 Å². The Bertz CT molecular complexity index is 373. The predicted molar refractivity (Wildman–Crippen MR) is 46.8 cm³/mol. The summed E-state index contributed by atoms with van der Waals surface area (Å²) in [6, 6.07) is 0. The van der Waals surface area contributed by atoms with Crippen LogP contribution in [0.3, 0.4) is 0 Å². The molecule has 0 saturated carbocycles. The average molecular weight is 176 g/mol. The van der Waals surface area contributed by atoms with Crippen molar-refractivity contribution >= 4 is 11.8 Å². The standard InChI is InChI=1S/C7H8N6/c1-4-6(2-8-3-9-4)10-7-5(1)11-13-12-7/h1-3,7,10-13H. The molecule has 6 nitrogen and oxygen atoms in total. The van der Waals surface area contributed by atoms with Gasteiger partial charge in [0.15, 0.2) is 0 Å². The Balaban J connectivity index is 2.10. The average Bonchev–Trinajstić information content (AvgIpc) is 2.61. The lowest BCUT2D eigenvalue weighted by Crippen LogP contribution is -2.38. The molecule has 2 aliphatic rings. The maximum absolute atomic E-state index is 4.13. The first-order valence-corrected chi connectivity index (χ1v) is 3.98. The van der Waals surface area contributed by atoms with Crippen LogP contribution >= 0.6 is 0 Å². The van der Waals surface area contributed by atoms with Crippen LogP contribution in [-0.4, -0.2) is 16.1 Å². The van der Waals surface area contributed by atoms with Crippen molar-refractivity contribution in [1.82, 2.24) is 26.4 Å². The Morgan fingerprint density at radius 1 is 1.38 bits per heavy atom. The van der Waals surface area contributed by atoms with Crippen molar-refractivity contribution in [1.29, 1.82) is 0 Å². The summed E-state index contributed by atoms with van der Waals surface area (Å²) in [5, 5.41) is 3.23. The number of anilines is 1. The minimum atomic E-state index is 0.0819. The second kappa shape index (κ2) is 2.41. The van der Waals surface area contributed by atoms with Gasteiger partial charge in [-0.15, -0.1) is 0 Å². The highest BCUT2D eigenvalue weighted by Gasteiger charge is 2.24. The summed E-state index contributed by atoms with van der Waals surface area (Å²) in [6.45, 7) is 0. The van der Waals surface area contributed by atoms with Crippen LogP contribution in [0.25, 0.3) is 6.08 Å². The monoisotopic (exact) mass is 176 g/mol. The molecule has 1 unspecified atom stereocenters. The van der Waals surface area contributed by atoms with Gasteiger partial charge in [0.25, 0.3) is 0 Å². The van der Waals surface area contributed by atoms with Crippen LogP contribution < -0.4 is 21.7 Å². The fourth-order valence-electron chi connectivity index (χ4n) is 1.43. The molecule has 0 amide bonds. The maximum Gasteiger partial charge on any atom is 0.134 e. The summed E-state index contributed by atoms with van der Waals surface area (Å²) in [5.41, 5.74) is 11.7. The Morgan fingerprint density at radius 2 is 2.38 bits per heavy atom. The van der Waals surface area contributed by atoms with Gasteiger partial charge in [0.1, 0.15) is 12.5 Å². The molecule has 1 aromatic heterocycles. The topological polar surface area (TPSA) is 73.9 Å². The lowest BCUT2D eigenvalue weighted by Gasteiger charge is -2.19. The van der Waals surface area contributed by atoms with Crippen molar-refractivity contribution in [3.8, 4) is 0 Å². The molecule has 66 valence electrons. The Labute approximate surface area is 74.4 Å². The van der Waals surface area contributed by atoms with Crippen LogP contribution in [0, 0.1) is 0 Å². The molecule has 0 radical (unpaired) electrons. The predicted octanol–water partition coefficient (Wildman–Crippen LogP) is -0.819. The third-order valence-electron chi connectivity index (χ3n) is 2.07. The molecule has 0 aromatic carbocycles. The number of nitrogens with zero attached hydrogens (tertiary/aromatic N) is 2. The van der Waals surface area contributed by atoms with Gasteiger partial charge in [-0.1, -0.05) is 0 Å². The zero-order valence-corrected chi connectivity index (χ0v) is 6.70. The van der Waals surface area contributed by atoms with Gasteiger partial charge in [0, 0.05) is 0 Å². The van der Waals surface area contributed by atoms with Crippen molar-refractivity contribution in [3.63, 3.8) is 0 Å². The molecule has 1 fully saturated rings. The Kier molecular flexibility index (Phi) is 1.26. The van der Waals surface area contributed by atoms with E-state index in [9.17, 15) is 0 Å². The first kappa shape index (κ1) is 6.81. The molecule has 6 heteroatoms. The lowest BCUT2D eigenvalue weighted by atomic mass is 10.2. The molecule has 1 saturated heterocycles. The first-order chi connectivity index (χ1) is 6.43. The summed E-state index contributed by atoms with van der Waals surface area (Å²) in [6.07, 6.45) is 5.35. The van der Waals surface area contributed by atoms with Crippen molar-refractivity contribution in [2.24, 2.45) is 0 Å². The van der Waals surface area contributed by atoms with E-state index < -0.39 is 0 Å². The molecule has 4 N–H and O–H groups in total. The van der Waals surface area contributed by atoms with E-state index in [1.54, 1.807) is 6.20 Å². The van der Waals surface area contributed by atoms with Crippen molar-refractivity contribution in [2.45, 2.75) is 6.17 Å². The van der Waals surface area contributed by atoms with Crippen molar-refractivity contribution in [3.05, 3.63) is 23.9 Å². The molecule has 3 heterocycles. The van der Waals surface area contributed by atoms with Crippen LogP contribution in [0.4, 0.5) is 5.69 Å². The molecule has 3 rings (SSSR count). The minimum absolute atomic E-state index is 0.0819. The van der Waals surface area contributed by atoms with Gasteiger partial charge in [0.05, 0.1) is 23.3 Å². The fourth-order valence-corrected chi connectivity index (χ4v) is 1.43. The third-order valence-corrected chi connectivity index (χ3v) is 2.07. The van der Waals surface area contributed by atoms with Crippen LogP contribution in [0.1, 0.15) is 5.69 Å². The van der Waals surface area contributed by atoms with Crippen molar-refractivity contribution in [2.75, 3.05) is 5.32 Å². The number of rotatable bonds is 0. The number of nitrogens with one attached hydrogen (secondary N) is 4. The van der Waals surface area contributed by atoms with Crippen molar-refractivity contribution < 1.29 is 0 Å². The Morgan fingerprint density at radius 3 is 3.38 bits per heavy atom. The van der Waals surface area contributed by atoms with Crippen LogP contribution in [0.15, 0.2) is 18.2 Å². The molecule has 2 aliphatic heterocycles. The SMILES string of the molecule is C1=C2NNNC2Nc2cncnc21. The van der Waals surface area contributed by atoms with Gasteiger partial charge < -0.3 is 10.7 Å². The molecule has 13 heavy (non-hydrogen) atoms. The summed E-state index contributed by atoms with van der Waals surface area (Å²) in [4.78, 5) is 8.07. The lowest BCUT2D eigenvalue weighted by molar-refractivity contribution is 0.566. The van der Waals surface area contributed by atoms with Gasteiger partial charge in [0.2, 0.25) is 0 Å². The molecular formula is C7H8N6. The van der Waals surface area contributed by atoms with E-state index in [-0.39, 0.29) is 6.17 Å². The smallest absolute Gasteiger partial charge is 0.134 e. The van der Waals surface area contributed by atoms with E-state index in [0.29, 0.717) is 0 Å². The summed E-state index contributed by atoms with van der Waals surface area (Å²) in [7, 11) is 0. The van der Waals surface area contributed by atoms with E-state index in [4.69, 9.17) is 0 Å². The number of hydrazine groups is 2. The van der Waals surface area contributed by atoms with E-state index >= 15 is 0 Å². The normalized spacial score (nSPS) is 23.7. The second-order valence-corrected chi connectivity index (χ2v) is 2.89. The molecule has 1 atom stereocenters. The van der Waals surface area contributed by atoms with Crippen LogP contribution in [-0.2, 0) is 0 Å². The largest absolute Gasteiger partial charge is 0.361 e. The highest BCUT2D eigenvalue weighted by Crippen LogP contribution is 2.22. The van der Waals surface area contributed by atoms with Gasteiger partial charge in [-0.25, -0.2) is 15.4 Å². The molecule has 0 spiro atoms. The van der Waals surface area contributed by atoms with Crippen LogP contribution in [0.2, 0.25) is 0 Å². The fraction of sp³-hybridized carbons (Fsp3) is 0.143. The highest BCUT2D eigenvalue weighted by molar-refractivity contribution is 5.69. The third kappa shape index (κ3) is 0.962. The molecule has 0 aliphatic carbocycles. The zero-order valence-electron chi connectivity index (χ0n) is 6.70. The quantitative estimate of drug-likeness (QED) is 0.414. The molecule has 0 bridgehead atoms. The van der Waals surface area contributed by atoms with E-state index in [1.165, 1.54) is 6.33 Å². The zero-order chi connectivity index (χ0) is 8.67. The molecule has 1 aromatic rings. The summed E-state index contributed by atoms with van der Waals surface area (Å²) < 4.78 is 0. The van der Waals surface area contributed by atoms with Gasteiger partial charge in [-0.3, -0.25) is 0 Å². The second-order valence-electron chi connectivity index (χ2n) is 2.89. The van der Waals surface area contributed by atoms with Crippen LogP contribution in [0.5, 0.6) is 0 Å². The minimum Gasteiger partial charge on any atom is -0.361 e. The summed E-state index contributed by atoms with van der Waals surface area (Å²) >= 11 is 0. The number of hydrogen-bond acceptors (Lipinski definition) is 6. The van der Waals surface area contributed by atoms with E-state index in [1.807, 2.05) is 6.08 Å². The van der Waals surface area contributed by atoms with Gasteiger partial charge in [-0.05, 0) is 6.08 Å². The number of hydrogen-bond donors (Lipinski definition) is 4. The highest BCUT2D eigenvalue weighted by atomic mass is 15.7. The summed E-state index contributed by atoms with van der Waals surface area (Å²) in [5.74, 6) is 0.